The summed E-state index contributed by atoms with van der Waals surface area (Å²) >= 11 is 1.56. The molecule has 1 saturated heterocycles. The average Bonchev–Trinajstić information content (AvgIpc) is 3.62. The molecule has 11 nitrogen and oxygen atoms in total. The molecular formula is C31H46N6O5S. The molecule has 1 aromatic heterocycles. The third-order valence-corrected chi connectivity index (χ3v) is 8.39. The lowest BCUT2D eigenvalue weighted by atomic mass is 9.85. The maximum Gasteiger partial charge on any atom is 0.246 e. The summed E-state index contributed by atoms with van der Waals surface area (Å²) in [4.78, 5) is 57.0. The van der Waals surface area contributed by atoms with Crippen molar-refractivity contribution in [2.75, 3.05) is 26.2 Å². The zero-order chi connectivity index (χ0) is 31.6. The van der Waals surface area contributed by atoms with E-state index in [-0.39, 0.29) is 36.7 Å². The predicted molar refractivity (Wildman–Crippen MR) is 167 cm³/mol. The van der Waals surface area contributed by atoms with Crippen molar-refractivity contribution < 1.29 is 23.9 Å². The second-order valence-electron chi connectivity index (χ2n) is 12.0. The number of benzene rings is 1. The number of nitrogens with two attached hydrogens (primary N) is 1. The highest BCUT2D eigenvalue weighted by atomic mass is 32.1. The number of aromatic nitrogens is 1. The van der Waals surface area contributed by atoms with E-state index in [0.717, 1.165) is 41.0 Å². The molecule has 2 heterocycles. The molecule has 0 saturated carbocycles. The Morgan fingerprint density at radius 1 is 1.16 bits per heavy atom. The Bertz CT molecular complexity index is 1270. The van der Waals surface area contributed by atoms with E-state index < -0.39 is 17.5 Å². The minimum atomic E-state index is -0.724. The van der Waals surface area contributed by atoms with Crippen molar-refractivity contribution in [1.82, 2.24) is 25.8 Å². The van der Waals surface area contributed by atoms with E-state index in [2.05, 4.69) is 20.9 Å². The van der Waals surface area contributed by atoms with Crippen LogP contribution in [0.15, 0.2) is 23.7 Å². The fourth-order valence-electron chi connectivity index (χ4n) is 5.06. The monoisotopic (exact) mass is 614 g/mol. The van der Waals surface area contributed by atoms with Crippen LogP contribution in [0.2, 0.25) is 0 Å². The molecule has 2 unspecified atom stereocenters. The highest BCUT2D eigenvalue weighted by molar-refractivity contribution is 7.13. The fraction of sp³-hybridized carbons (Fsp3) is 0.581. The van der Waals surface area contributed by atoms with Gasteiger partial charge in [-0.05, 0) is 56.1 Å². The molecule has 1 aliphatic rings. The summed E-state index contributed by atoms with van der Waals surface area (Å²) in [5.41, 5.74) is 9.39. The first kappa shape index (κ1) is 34.0. The molecule has 0 spiro atoms. The van der Waals surface area contributed by atoms with Gasteiger partial charge in [0.1, 0.15) is 17.8 Å². The molecule has 5 N–H and O–H groups in total. The molecule has 0 radical (unpaired) electrons. The van der Waals surface area contributed by atoms with Crippen LogP contribution in [0.5, 0.6) is 5.75 Å². The van der Waals surface area contributed by atoms with Crippen LogP contribution in [0.4, 0.5) is 0 Å². The van der Waals surface area contributed by atoms with Crippen molar-refractivity contribution in [2.45, 2.75) is 85.4 Å². The quantitative estimate of drug-likeness (QED) is 0.239. The molecule has 3 rings (SSSR count). The van der Waals surface area contributed by atoms with Gasteiger partial charge in [0, 0.05) is 32.1 Å². The van der Waals surface area contributed by atoms with Gasteiger partial charge in [0.05, 0.1) is 29.2 Å². The smallest absolute Gasteiger partial charge is 0.246 e. The highest BCUT2D eigenvalue weighted by Gasteiger charge is 2.41. The number of carbonyl (C=O) groups excluding carboxylic acids is 4. The maximum absolute atomic E-state index is 13.5. The van der Waals surface area contributed by atoms with Gasteiger partial charge in [-0.1, -0.05) is 32.9 Å². The van der Waals surface area contributed by atoms with Gasteiger partial charge in [-0.3, -0.25) is 19.2 Å². The lowest BCUT2D eigenvalue weighted by Gasteiger charge is -2.35. The number of ether oxygens (including phenoxy) is 1. The van der Waals surface area contributed by atoms with Gasteiger partial charge in [-0.2, -0.15) is 0 Å². The zero-order valence-corrected chi connectivity index (χ0v) is 26.8. The number of thiazole rings is 1. The van der Waals surface area contributed by atoms with E-state index >= 15 is 0 Å². The van der Waals surface area contributed by atoms with Crippen molar-refractivity contribution in [3.8, 4) is 16.2 Å². The van der Waals surface area contributed by atoms with Gasteiger partial charge in [0.2, 0.25) is 23.6 Å². The molecule has 236 valence electrons. The summed E-state index contributed by atoms with van der Waals surface area (Å²) in [5, 5.41) is 8.57. The molecule has 0 bridgehead atoms. The lowest BCUT2D eigenvalue weighted by Crippen LogP contribution is -2.57. The summed E-state index contributed by atoms with van der Waals surface area (Å²) in [6, 6.07) is 4.61. The van der Waals surface area contributed by atoms with E-state index in [1.54, 1.807) is 16.2 Å². The largest absolute Gasteiger partial charge is 0.493 e. The third kappa shape index (κ3) is 9.75. The van der Waals surface area contributed by atoms with Crippen LogP contribution in [-0.4, -0.2) is 71.8 Å². The number of carbonyl (C=O) groups is 4. The second kappa shape index (κ2) is 15.8. The van der Waals surface area contributed by atoms with Gasteiger partial charge in [-0.15, -0.1) is 11.3 Å². The Kier molecular flexibility index (Phi) is 12.5. The van der Waals surface area contributed by atoms with Crippen molar-refractivity contribution in [2.24, 2.45) is 11.1 Å². The zero-order valence-electron chi connectivity index (χ0n) is 26.0. The summed E-state index contributed by atoms with van der Waals surface area (Å²) in [6.07, 6.45) is 3.79. The molecule has 12 heteroatoms. The van der Waals surface area contributed by atoms with E-state index in [9.17, 15) is 19.2 Å². The van der Waals surface area contributed by atoms with Gasteiger partial charge < -0.3 is 31.3 Å². The minimum absolute atomic E-state index is 0.0123. The van der Waals surface area contributed by atoms with E-state index in [0.29, 0.717) is 38.3 Å². The Balaban J connectivity index is 1.67. The summed E-state index contributed by atoms with van der Waals surface area (Å²) in [6.45, 7) is 10.8. The second-order valence-corrected chi connectivity index (χ2v) is 12.8. The van der Waals surface area contributed by atoms with Crippen LogP contribution in [0, 0.1) is 12.3 Å². The van der Waals surface area contributed by atoms with Crippen LogP contribution in [0.25, 0.3) is 10.4 Å². The molecule has 4 amide bonds. The molecular weight excluding hydrogens is 568 g/mol. The first-order chi connectivity index (χ1) is 20.4. The van der Waals surface area contributed by atoms with Crippen molar-refractivity contribution >= 4 is 35.0 Å². The van der Waals surface area contributed by atoms with Crippen molar-refractivity contribution in [3.63, 3.8) is 0 Å². The Labute approximate surface area is 258 Å². The maximum atomic E-state index is 13.5. The van der Waals surface area contributed by atoms with Crippen LogP contribution in [-0.2, 0) is 25.7 Å². The molecule has 1 aromatic carbocycles. The number of amides is 4. The first-order valence-electron chi connectivity index (χ1n) is 14.9. The molecule has 2 atom stereocenters. The molecule has 43 heavy (non-hydrogen) atoms. The van der Waals surface area contributed by atoms with E-state index in [4.69, 9.17) is 10.5 Å². The third-order valence-electron chi connectivity index (χ3n) is 7.41. The summed E-state index contributed by atoms with van der Waals surface area (Å²) in [7, 11) is 0. The molecule has 0 aliphatic carbocycles. The van der Waals surface area contributed by atoms with E-state index in [1.165, 1.54) is 6.92 Å². The van der Waals surface area contributed by atoms with Gasteiger partial charge in [0.25, 0.3) is 0 Å². The number of rotatable bonds is 14. The summed E-state index contributed by atoms with van der Waals surface area (Å²) < 4.78 is 6.21. The van der Waals surface area contributed by atoms with Crippen molar-refractivity contribution in [3.05, 3.63) is 35.0 Å². The minimum Gasteiger partial charge on any atom is -0.493 e. The standard InChI is InChI=1S/C31H46N6O5S/c1-20-27(43-19-35-20)22-11-12-23(25(16-22)42-15-8-6-7-13-33-26(39)17-32)18-34-29(40)24-10-9-14-37(24)30(41)28(31(3,4)5)36-21(2)38/h11-12,16,19,24,28H,6-10,13-15,17-18,32H2,1-5H3,(H,33,39)(H,34,40)(H,36,38). The number of likely N-dealkylation sites (tertiary alicyclic amines) is 1. The average molecular weight is 615 g/mol. The number of hydrogen-bond acceptors (Lipinski definition) is 8. The van der Waals surface area contributed by atoms with Crippen molar-refractivity contribution in [1.29, 1.82) is 0 Å². The highest BCUT2D eigenvalue weighted by Crippen LogP contribution is 2.32. The first-order valence-corrected chi connectivity index (χ1v) is 15.8. The molecule has 1 aliphatic heterocycles. The van der Waals surface area contributed by atoms with Gasteiger partial charge >= 0.3 is 0 Å². The Hall–Kier alpha value is -3.51. The SMILES string of the molecule is CC(=O)NC(C(=O)N1CCCC1C(=O)NCc1ccc(-c2scnc2C)cc1OCCCCCNC(=O)CN)C(C)(C)C. The van der Waals surface area contributed by atoms with Gasteiger partial charge in [0.15, 0.2) is 0 Å². The van der Waals surface area contributed by atoms with Crippen LogP contribution < -0.4 is 26.4 Å². The normalized spacial score (nSPS) is 15.6. The van der Waals surface area contributed by atoms with Crippen LogP contribution in [0.3, 0.4) is 0 Å². The molecule has 1 fully saturated rings. The molecule has 2 aromatic rings. The Morgan fingerprint density at radius 2 is 1.93 bits per heavy atom. The lowest BCUT2D eigenvalue weighted by molar-refractivity contribution is -0.143. The van der Waals surface area contributed by atoms with E-state index in [1.807, 2.05) is 51.4 Å². The number of hydrogen-bond donors (Lipinski definition) is 4. The van der Waals surface area contributed by atoms with Crippen LogP contribution in [0.1, 0.15) is 71.1 Å². The van der Waals surface area contributed by atoms with Gasteiger partial charge in [-0.25, -0.2) is 4.98 Å². The summed E-state index contributed by atoms with van der Waals surface area (Å²) in [5.74, 6) is -0.230. The number of nitrogens with one attached hydrogen (secondary N) is 3. The predicted octanol–water partition coefficient (Wildman–Crippen LogP) is 2.90. The Morgan fingerprint density at radius 3 is 2.58 bits per heavy atom. The number of nitrogens with zero attached hydrogens (tertiary/aromatic N) is 2. The topological polar surface area (TPSA) is 156 Å². The number of aryl methyl sites for hydroxylation is 1. The number of unbranched alkanes of at least 4 members (excludes halogenated alkanes) is 2. The fourth-order valence-corrected chi connectivity index (χ4v) is 5.86. The van der Waals surface area contributed by atoms with Crippen LogP contribution >= 0.6 is 11.3 Å².